The summed E-state index contributed by atoms with van der Waals surface area (Å²) in [7, 11) is 0. The molecule has 1 aliphatic heterocycles. The molecule has 3 rings (SSSR count). The maximum absolute atomic E-state index is 5.71. The summed E-state index contributed by atoms with van der Waals surface area (Å²) in [6.07, 6.45) is 6.07. The van der Waals surface area contributed by atoms with E-state index in [0.29, 0.717) is 12.0 Å². The largest absolute Gasteiger partial charge is 0.368 e. The summed E-state index contributed by atoms with van der Waals surface area (Å²) in [6.45, 7) is 3.99. The van der Waals surface area contributed by atoms with Gasteiger partial charge in [-0.25, -0.2) is 0 Å². The van der Waals surface area contributed by atoms with E-state index in [2.05, 4.69) is 22.4 Å². The smallest absolute Gasteiger partial charge is 0.227 e. The summed E-state index contributed by atoms with van der Waals surface area (Å²) in [5.74, 6) is 4.12. The molecule has 1 aliphatic carbocycles. The molecule has 0 amide bonds. The van der Waals surface area contributed by atoms with Crippen LogP contribution in [0.1, 0.15) is 50.4 Å². The first-order valence-corrected chi connectivity index (χ1v) is 9.27. The maximum Gasteiger partial charge on any atom is 0.227 e. The molecule has 1 aromatic heterocycles. The fraction of sp³-hybridized carbons (Fsp3) is 0.867. The van der Waals surface area contributed by atoms with Gasteiger partial charge in [-0.2, -0.15) is 16.7 Å². The molecule has 1 saturated heterocycles. The van der Waals surface area contributed by atoms with E-state index in [0.717, 1.165) is 42.8 Å². The van der Waals surface area contributed by atoms with Crippen molar-refractivity contribution in [3.8, 4) is 0 Å². The van der Waals surface area contributed by atoms with Crippen LogP contribution in [0.4, 0.5) is 0 Å². The van der Waals surface area contributed by atoms with Crippen LogP contribution in [0, 0.1) is 5.92 Å². The Balaban J connectivity index is 1.60. The topological polar surface area (TPSA) is 60.2 Å². The van der Waals surface area contributed by atoms with E-state index in [1.807, 2.05) is 11.8 Å². The molecular weight excluding hydrogens is 286 g/mol. The van der Waals surface area contributed by atoms with Crippen molar-refractivity contribution in [2.24, 2.45) is 5.92 Å². The molecule has 0 bridgehead atoms. The first-order chi connectivity index (χ1) is 10.4. The van der Waals surface area contributed by atoms with Gasteiger partial charge in [0.25, 0.3) is 0 Å². The Bertz CT molecular complexity index is 432. The second-order valence-electron chi connectivity index (χ2n) is 5.89. The molecule has 2 heterocycles. The fourth-order valence-corrected chi connectivity index (χ4v) is 4.17. The molecule has 21 heavy (non-hydrogen) atoms. The van der Waals surface area contributed by atoms with Crippen molar-refractivity contribution in [3.05, 3.63) is 11.7 Å². The molecule has 0 spiro atoms. The number of hydrogen-bond acceptors (Lipinski definition) is 6. The minimum absolute atomic E-state index is 0.0113. The van der Waals surface area contributed by atoms with E-state index < -0.39 is 0 Å². The molecule has 3 atom stereocenters. The quantitative estimate of drug-likeness (QED) is 0.902. The maximum atomic E-state index is 5.71. The lowest BCUT2D eigenvalue weighted by Crippen LogP contribution is -2.39. The third-order valence-electron chi connectivity index (χ3n) is 4.40. The van der Waals surface area contributed by atoms with Crippen LogP contribution in [0.5, 0.6) is 0 Å². The summed E-state index contributed by atoms with van der Waals surface area (Å²) < 4.78 is 11.2. The van der Waals surface area contributed by atoms with Crippen molar-refractivity contribution in [2.75, 3.05) is 24.7 Å². The zero-order valence-corrected chi connectivity index (χ0v) is 13.5. The number of thioether (sulfide) groups is 1. The number of hydrogen-bond donors (Lipinski definition) is 1. The van der Waals surface area contributed by atoms with Gasteiger partial charge in [-0.15, -0.1) is 0 Å². The number of nitrogens with one attached hydrogen (secondary N) is 1. The van der Waals surface area contributed by atoms with Crippen molar-refractivity contribution in [3.63, 3.8) is 0 Å². The average molecular weight is 311 g/mol. The Hall–Kier alpha value is -0.590. The Kier molecular flexibility index (Phi) is 5.55. The SMILES string of the molecule is CCNC1CCCCC1Cc1nc(C2CSCCO2)no1. The first-order valence-electron chi connectivity index (χ1n) is 8.12. The predicted molar refractivity (Wildman–Crippen MR) is 83.4 cm³/mol. The molecule has 2 aliphatic rings. The second kappa shape index (κ2) is 7.61. The summed E-state index contributed by atoms with van der Waals surface area (Å²) in [5, 5.41) is 7.74. The van der Waals surface area contributed by atoms with Crippen molar-refractivity contribution >= 4 is 11.8 Å². The number of ether oxygens (including phenoxy) is 1. The molecule has 1 N–H and O–H groups in total. The predicted octanol–water partition coefficient (Wildman–Crippen LogP) is 2.58. The lowest BCUT2D eigenvalue weighted by atomic mass is 9.82. The molecular formula is C15H25N3O2S. The number of nitrogens with zero attached hydrogens (tertiary/aromatic N) is 2. The highest BCUT2D eigenvalue weighted by molar-refractivity contribution is 7.99. The molecule has 1 aromatic rings. The third kappa shape index (κ3) is 3.99. The molecule has 6 heteroatoms. The molecule has 2 fully saturated rings. The highest BCUT2D eigenvalue weighted by atomic mass is 32.2. The minimum Gasteiger partial charge on any atom is -0.368 e. The Morgan fingerprint density at radius 3 is 3.05 bits per heavy atom. The molecule has 0 aromatic carbocycles. The van der Waals surface area contributed by atoms with E-state index in [1.54, 1.807) is 0 Å². The normalized spacial score (nSPS) is 30.4. The van der Waals surface area contributed by atoms with Gasteiger partial charge >= 0.3 is 0 Å². The molecule has 1 saturated carbocycles. The molecule has 3 unspecified atom stereocenters. The van der Waals surface area contributed by atoms with Gasteiger partial charge in [0.1, 0.15) is 6.10 Å². The number of rotatable bonds is 5. The van der Waals surface area contributed by atoms with E-state index in [9.17, 15) is 0 Å². The van der Waals surface area contributed by atoms with Gasteiger partial charge in [0, 0.05) is 24.0 Å². The van der Waals surface area contributed by atoms with Gasteiger partial charge in [-0.1, -0.05) is 24.9 Å². The zero-order chi connectivity index (χ0) is 14.5. The molecule has 0 radical (unpaired) electrons. The van der Waals surface area contributed by atoms with Gasteiger partial charge in [0.2, 0.25) is 11.7 Å². The summed E-state index contributed by atoms with van der Waals surface area (Å²) in [6, 6.07) is 0.598. The molecule has 118 valence electrons. The van der Waals surface area contributed by atoms with Gasteiger partial charge in [0.05, 0.1) is 6.61 Å². The van der Waals surface area contributed by atoms with Gasteiger partial charge < -0.3 is 14.6 Å². The van der Waals surface area contributed by atoms with E-state index >= 15 is 0 Å². The van der Waals surface area contributed by atoms with Crippen LogP contribution in [-0.2, 0) is 11.2 Å². The monoisotopic (exact) mass is 311 g/mol. The van der Waals surface area contributed by atoms with Gasteiger partial charge in [-0.05, 0) is 25.3 Å². The highest BCUT2D eigenvalue weighted by Crippen LogP contribution is 2.28. The average Bonchev–Trinajstić information content (AvgIpc) is 2.99. The molecule has 5 nitrogen and oxygen atoms in total. The fourth-order valence-electron chi connectivity index (χ4n) is 3.33. The Morgan fingerprint density at radius 1 is 1.33 bits per heavy atom. The van der Waals surface area contributed by atoms with Crippen molar-refractivity contribution < 1.29 is 9.26 Å². The van der Waals surface area contributed by atoms with Crippen LogP contribution in [0.25, 0.3) is 0 Å². The van der Waals surface area contributed by atoms with Crippen molar-refractivity contribution in [1.82, 2.24) is 15.5 Å². The lowest BCUT2D eigenvalue weighted by molar-refractivity contribution is 0.0677. The van der Waals surface area contributed by atoms with E-state index in [1.165, 1.54) is 25.7 Å². The van der Waals surface area contributed by atoms with Crippen LogP contribution >= 0.6 is 11.8 Å². The lowest BCUT2D eigenvalue weighted by Gasteiger charge is -2.31. The van der Waals surface area contributed by atoms with Gasteiger partial charge in [-0.3, -0.25) is 0 Å². The third-order valence-corrected chi connectivity index (χ3v) is 5.39. The van der Waals surface area contributed by atoms with Crippen LogP contribution < -0.4 is 5.32 Å². The zero-order valence-electron chi connectivity index (χ0n) is 12.7. The van der Waals surface area contributed by atoms with Crippen LogP contribution in [0.2, 0.25) is 0 Å². The second-order valence-corrected chi connectivity index (χ2v) is 7.04. The number of aromatic nitrogens is 2. The Labute approximate surface area is 130 Å². The van der Waals surface area contributed by atoms with E-state index in [4.69, 9.17) is 9.26 Å². The minimum atomic E-state index is 0.0113. The van der Waals surface area contributed by atoms with Crippen molar-refractivity contribution in [1.29, 1.82) is 0 Å². The summed E-state index contributed by atoms with van der Waals surface area (Å²) in [5.41, 5.74) is 0. The van der Waals surface area contributed by atoms with E-state index in [-0.39, 0.29) is 6.10 Å². The summed E-state index contributed by atoms with van der Waals surface area (Å²) >= 11 is 1.89. The Morgan fingerprint density at radius 2 is 2.24 bits per heavy atom. The highest BCUT2D eigenvalue weighted by Gasteiger charge is 2.28. The summed E-state index contributed by atoms with van der Waals surface area (Å²) in [4.78, 5) is 4.58. The van der Waals surface area contributed by atoms with Crippen LogP contribution in [-0.4, -0.2) is 40.8 Å². The van der Waals surface area contributed by atoms with Crippen LogP contribution in [0.15, 0.2) is 4.52 Å². The first kappa shape index (κ1) is 15.3. The van der Waals surface area contributed by atoms with Crippen LogP contribution in [0.3, 0.4) is 0 Å². The van der Waals surface area contributed by atoms with Crippen molar-refractivity contribution in [2.45, 2.75) is 51.2 Å². The van der Waals surface area contributed by atoms with Gasteiger partial charge in [0.15, 0.2) is 0 Å². The standard InChI is InChI=1S/C15H25N3O2S/c1-2-16-12-6-4-3-5-11(12)9-14-17-15(18-20-14)13-10-21-8-7-19-13/h11-13,16H,2-10H2,1H3.